The standard InChI is InChI=1S/C16H18N2OS/c1-13-7-9-17-15(11-13)18-16(19)12-20-10-8-14-5-3-2-4-6-14/h2-7,9,11H,8,10,12H2,1H3,(H,17,18,19). The summed E-state index contributed by atoms with van der Waals surface area (Å²) in [7, 11) is 0. The van der Waals surface area contributed by atoms with Crippen LogP contribution in [0.4, 0.5) is 5.82 Å². The summed E-state index contributed by atoms with van der Waals surface area (Å²) in [6.07, 6.45) is 2.69. The van der Waals surface area contributed by atoms with Crippen molar-refractivity contribution in [3.8, 4) is 0 Å². The third-order valence-corrected chi connectivity index (χ3v) is 3.75. The summed E-state index contributed by atoms with van der Waals surface area (Å²) in [6.45, 7) is 1.98. The van der Waals surface area contributed by atoms with Gasteiger partial charge in [-0.15, -0.1) is 0 Å². The fourth-order valence-electron chi connectivity index (χ4n) is 1.78. The molecule has 1 N–H and O–H groups in total. The Morgan fingerprint density at radius 1 is 1.25 bits per heavy atom. The highest BCUT2D eigenvalue weighted by Gasteiger charge is 2.03. The van der Waals surface area contributed by atoms with Crippen LogP contribution in [0.15, 0.2) is 48.7 Å². The Bertz CT molecular complexity index is 557. The van der Waals surface area contributed by atoms with E-state index >= 15 is 0 Å². The molecular formula is C16H18N2OS. The van der Waals surface area contributed by atoms with Crippen LogP contribution in [0.5, 0.6) is 0 Å². The van der Waals surface area contributed by atoms with Crippen molar-refractivity contribution < 1.29 is 4.79 Å². The summed E-state index contributed by atoms with van der Waals surface area (Å²) >= 11 is 1.64. The lowest BCUT2D eigenvalue weighted by Crippen LogP contribution is -2.15. The number of aryl methyl sites for hydroxylation is 2. The van der Waals surface area contributed by atoms with Gasteiger partial charge in [0.25, 0.3) is 0 Å². The molecule has 0 fully saturated rings. The highest BCUT2D eigenvalue weighted by Crippen LogP contribution is 2.09. The van der Waals surface area contributed by atoms with E-state index in [2.05, 4.69) is 22.4 Å². The van der Waals surface area contributed by atoms with E-state index in [1.165, 1.54) is 5.56 Å². The van der Waals surface area contributed by atoms with Gasteiger partial charge >= 0.3 is 0 Å². The Morgan fingerprint density at radius 2 is 2.05 bits per heavy atom. The van der Waals surface area contributed by atoms with E-state index in [1.54, 1.807) is 18.0 Å². The maximum absolute atomic E-state index is 11.8. The maximum atomic E-state index is 11.8. The molecule has 20 heavy (non-hydrogen) atoms. The third-order valence-electron chi connectivity index (χ3n) is 2.79. The van der Waals surface area contributed by atoms with Gasteiger partial charge in [0.05, 0.1) is 5.75 Å². The van der Waals surface area contributed by atoms with Gasteiger partial charge in [-0.2, -0.15) is 11.8 Å². The smallest absolute Gasteiger partial charge is 0.235 e. The summed E-state index contributed by atoms with van der Waals surface area (Å²) < 4.78 is 0. The number of amides is 1. The van der Waals surface area contributed by atoms with Gasteiger partial charge in [-0.25, -0.2) is 4.98 Å². The van der Waals surface area contributed by atoms with Crippen molar-refractivity contribution in [1.29, 1.82) is 0 Å². The van der Waals surface area contributed by atoms with Crippen molar-refractivity contribution in [3.63, 3.8) is 0 Å². The van der Waals surface area contributed by atoms with Gasteiger partial charge in [0.2, 0.25) is 5.91 Å². The molecule has 1 amide bonds. The van der Waals surface area contributed by atoms with Crippen molar-refractivity contribution in [2.45, 2.75) is 13.3 Å². The van der Waals surface area contributed by atoms with E-state index < -0.39 is 0 Å². The van der Waals surface area contributed by atoms with Gasteiger partial charge in [-0.1, -0.05) is 30.3 Å². The molecule has 2 rings (SSSR count). The van der Waals surface area contributed by atoms with E-state index in [1.807, 2.05) is 37.3 Å². The molecule has 3 nitrogen and oxygen atoms in total. The zero-order chi connectivity index (χ0) is 14.2. The monoisotopic (exact) mass is 286 g/mol. The number of benzene rings is 1. The fourth-order valence-corrected chi connectivity index (χ4v) is 2.56. The van der Waals surface area contributed by atoms with Gasteiger partial charge in [-0.3, -0.25) is 4.79 Å². The van der Waals surface area contributed by atoms with Crippen LogP contribution in [-0.4, -0.2) is 22.4 Å². The van der Waals surface area contributed by atoms with Gasteiger partial charge in [0, 0.05) is 6.20 Å². The molecule has 0 saturated carbocycles. The van der Waals surface area contributed by atoms with Crippen molar-refractivity contribution in [3.05, 3.63) is 59.8 Å². The molecule has 0 spiro atoms. The Balaban J connectivity index is 1.68. The summed E-state index contributed by atoms with van der Waals surface area (Å²) in [5.74, 6) is 2.03. The van der Waals surface area contributed by atoms with E-state index in [-0.39, 0.29) is 5.91 Å². The molecule has 0 unspecified atom stereocenters. The van der Waals surface area contributed by atoms with Crippen LogP contribution in [0, 0.1) is 6.92 Å². The molecule has 1 heterocycles. The van der Waals surface area contributed by atoms with Crippen LogP contribution >= 0.6 is 11.8 Å². The molecule has 0 aliphatic carbocycles. The first-order valence-electron chi connectivity index (χ1n) is 6.58. The summed E-state index contributed by atoms with van der Waals surface area (Å²) in [4.78, 5) is 15.9. The van der Waals surface area contributed by atoms with Crippen LogP contribution in [-0.2, 0) is 11.2 Å². The van der Waals surface area contributed by atoms with E-state index in [0.29, 0.717) is 11.6 Å². The predicted octanol–water partition coefficient (Wildman–Crippen LogP) is 3.30. The number of anilines is 1. The summed E-state index contributed by atoms with van der Waals surface area (Å²) in [5, 5.41) is 2.81. The first-order chi connectivity index (χ1) is 9.74. The number of hydrogen-bond acceptors (Lipinski definition) is 3. The van der Waals surface area contributed by atoms with E-state index in [9.17, 15) is 4.79 Å². The predicted molar refractivity (Wildman–Crippen MR) is 85.1 cm³/mol. The molecule has 0 atom stereocenters. The number of thioether (sulfide) groups is 1. The van der Waals surface area contributed by atoms with Gasteiger partial charge in [0.15, 0.2) is 0 Å². The van der Waals surface area contributed by atoms with Crippen molar-refractivity contribution >= 4 is 23.5 Å². The molecule has 0 aliphatic rings. The zero-order valence-corrected chi connectivity index (χ0v) is 12.3. The van der Waals surface area contributed by atoms with Crippen LogP contribution in [0.2, 0.25) is 0 Å². The van der Waals surface area contributed by atoms with Gasteiger partial charge in [0.1, 0.15) is 5.82 Å². The minimum atomic E-state index is 0.00108. The second-order valence-electron chi connectivity index (χ2n) is 4.55. The number of rotatable bonds is 6. The zero-order valence-electron chi connectivity index (χ0n) is 11.5. The quantitative estimate of drug-likeness (QED) is 0.828. The molecule has 4 heteroatoms. The molecule has 0 bridgehead atoms. The van der Waals surface area contributed by atoms with Crippen LogP contribution < -0.4 is 5.32 Å². The van der Waals surface area contributed by atoms with E-state index in [4.69, 9.17) is 0 Å². The number of nitrogens with one attached hydrogen (secondary N) is 1. The molecule has 0 saturated heterocycles. The van der Waals surface area contributed by atoms with Crippen molar-refractivity contribution in [2.24, 2.45) is 0 Å². The van der Waals surface area contributed by atoms with Gasteiger partial charge < -0.3 is 5.32 Å². The van der Waals surface area contributed by atoms with Crippen LogP contribution in [0.3, 0.4) is 0 Å². The largest absolute Gasteiger partial charge is 0.310 e. The number of carbonyl (C=O) groups is 1. The van der Waals surface area contributed by atoms with Crippen molar-refractivity contribution in [2.75, 3.05) is 16.8 Å². The highest BCUT2D eigenvalue weighted by molar-refractivity contribution is 7.99. The summed E-state index contributed by atoms with van der Waals surface area (Å²) in [6, 6.07) is 14.1. The topological polar surface area (TPSA) is 42.0 Å². The molecule has 0 radical (unpaired) electrons. The Kier molecular flexibility index (Phi) is 5.62. The average molecular weight is 286 g/mol. The SMILES string of the molecule is Cc1ccnc(NC(=O)CSCCc2ccccc2)c1. The second kappa shape index (κ2) is 7.70. The van der Waals surface area contributed by atoms with E-state index in [0.717, 1.165) is 17.7 Å². The average Bonchev–Trinajstić information content (AvgIpc) is 2.45. The molecule has 0 aliphatic heterocycles. The molecule has 1 aromatic carbocycles. The van der Waals surface area contributed by atoms with Crippen LogP contribution in [0.25, 0.3) is 0 Å². The highest BCUT2D eigenvalue weighted by atomic mass is 32.2. The van der Waals surface area contributed by atoms with Crippen molar-refractivity contribution in [1.82, 2.24) is 4.98 Å². The Hall–Kier alpha value is -1.81. The molecule has 1 aromatic heterocycles. The lowest BCUT2D eigenvalue weighted by molar-refractivity contribution is -0.113. The first kappa shape index (κ1) is 14.6. The van der Waals surface area contributed by atoms with Gasteiger partial charge in [-0.05, 0) is 42.4 Å². The van der Waals surface area contributed by atoms with Crippen LogP contribution in [0.1, 0.15) is 11.1 Å². The minimum absolute atomic E-state index is 0.00108. The lowest BCUT2D eigenvalue weighted by atomic mass is 10.2. The second-order valence-corrected chi connectivity index (χ2v) is 5.66. The molecule has 104 valence electrons. The fraction of sp³-hybridized carbons (Fsp3) is 0.250. The lowest BCUT2D eigenvalue weighted by Gasteiger charge is -2.05. The first-order valence-corrected chi connectivity index (χ1v) is 7.74. The molecular weight excluding hydrogens is 268 g/mol. The normalized spacial score (nSPS) is 10.2. The number of hydrogen-bond donors (Lipinski definition) is 1. The number of pyridine rings is 1. The maximum Gasteiger partial charge on any atom is 0.235 e. The number of aromatic nitrogens is 1. The molecule has 2 aromatic rings. The summed E-state index contributed by atoms with van der Waals surface area (Å²) in [5.41, 5.74) is 2.40. The Labute approximate surface area is 123 Å². The minimum Gasteiger partial charge on any atom is -0.310 e. The third kappa shape index (κ3) is 5.05. The number of nitrogens with zero attached hydrogens (tertiary/aromatic N) is 1. The Morgan fingerprint density at radius 3 is 2.80 bits per heavy atom. The number of carbonyl (C=O) groups excluding carboxylic acids is 1.